The third kappa shape index (κ3) is 6.14. The average molecular weight is 462 g/mol. The van der Waals surface area contributed by atoms with Gasteiger partial charge in [0.15, 0.2) is 0 Å². The normalized spacial score (nSPS) is 11.0. The number of ether oxygens (including phenoxy) is 1. The van der Waals surface area contributed by atoms with Crippen molar-refractivity contribution in [1.29, 1.82) is 0 Å². The SMILES string of the molecule is Cc1ccccc1OCCCn1c(CCNC(=O)Cc2ccc(Cl)cc2)nc2ccccc21. The number of rotatable bonds is 10. The quantitative estimate of drug-likeness (QED) is 0.323. The Bertz CT molecular complexity index is 1220. The fourth-order valence-corrected chi connectivity index (χ4v) is 3.98. The molecular weight excluding hydrogens is 434 g/mol. The van der Waals surface area contributed by atoms with Crippen LogP contribution in [0.5, 0.6) is 5.75 Å². The van der Waals surface area contributed by atoms with Crippen molar-refractivity contribution in [3.63, 3.8) is 0 Å². The molecule has 3 aromatic carbocycles. The number of amides is 1. The number of para-hydroxylation sites is 3. The predicted molar refractivity (Wildman–Crippen MR) is 133 cm³/mol. The molecule has 0 radical (unpaired) electrons. The molecule has 0 unspecified atom stereocenters. The molecule has 4 aromatic rings. The first-order valence-corrected chi connectivity index (χ1v) is 11.6. The van der Waals surface area contributed by atoms with Gasteiger partial charge in [0.05, 0.1) is 24.1 Å². The van der Waals surface area contributed by atoms with E-state index in [2.05, 4.69) is 28.9 Å². The van der Waals surface area contributed by atoms with E-state index in [9.17, 15) is 4.79 Å². The maximum Gasteiger partial charge on any atom is 0.224 e. The van der Waals surface area contributed by atoms with Crippen molar-refractivity contribution >= 4 is 28.5 Å². The third-order valence-corrected chi connectivity index (χ3v) is 5.81. The van der Waals surface area contributed by atoms with E-state index in [1.165, 1.54) is 0 Å². The summed E-state index contributed by atoms with van der Waals surface area (Å²) >= 11 is 5.91. The molecule has 33 heavy (non-hydrogen) atoms. The maximum atomic E-state index is 12.3. The number of aromatic nitrogens is 2. The zero-order valence-corrected chi connectivity index (χ0v) is 19.5. The molecule has 1 amide bonds. The standard InChI is InChI=1S/C27H28ClN3O2/c1-20-7-2-5-10-25(20)33-18-6-17-31-24-9-4-3-8-23(24)30-26(31)15-16-29-27(32)19-21-11-13-22(28)14-12-21/h2-5,7-14H,6,15-19H2,1H3,(H,29,32). The lowest BCUT2D eigenvalue weighted by molar-refractivity contribution is -0.120. The lowest BCUT2D eigenvalue weighted by Gasteiger charge is -2.12. The molecule has 0 atom stereocenters. The van der Waals surface area contributed by atoms with Crippen LogP contribution in [0.25, 0.3) is 11.0 Å². The maximum absolute atomic E-state index is 12.3. The number of hydrogen-bond donors (Lipinski definition) is 1. The van der Waals surface area contributed by atoms with Crippen LogP contribution in [0.2, 0.25) is 5.02 Å². The molecule has 0 fully saturated rings. The second-order valence-corrected chi connectivity index (χ2v) is 8.48. The Labute approximate surface area is 199 Å². The second kappa shape index (κ2) is 11.0. The number of imidazole rings is 1. The number of benzene rings is 3. The number of nitrogens with zero attached hydrogens (tertiary/aromatic N) is 2. The molecule has 170 valence electrons. The highest BCUT2D eigenvalue weighted by molar-refractivity contribution is 6.30. The van der Waals surface area contributed by atoms with Gasteiger partial charge in [-0.25, -0.2) is 4.98 Å². The Hall–Kier alpha value is -3.31. The van der Waals surface area contributed by atoms with Crippen LogP contribution in [0.1, 0.15) is 23.4 Å². The summed E-state index contributed by atoms with van der Waals surface area (Å²) in [5.74, 6) is 1.89. The molecule has 0 aliphatic rings. The second-order valence-electron chi connectivity index (χ2n) is 8.04. The van der Waals surface area contributed by atoms with Gasteiger partial charge in [-0.15, -0.1) is 0 Å². The summed E-state index contributed by atoms with van der Waals surface area (Å²) in [6.45, 7) is 4.03. The first-order chi connectivity index (χ1) is 16.1. The van der Waals surface area contributed by atoms with Gasteiger partial charge in [0, 0.05) is 24.5 Å². The highest BCUT2D eigenvalue weighted by Crippen LogP contribution is 2.19. The van der Waals surface area contributed by atoms with Gasteiger partial charge in [-0.3, -0.25) is 4.79 Å². The summed E-state index contributed by atoms with van der Waals surface area (Å²) in [5.41, 5.74) is 4.16. The number of fused-ring (bicyclic) bond motifs is 1. The summed E-state index contributed by atoms with van der Waals surface area (Å²) < 4.78 is 8.20. The summed E-state index contributed by atoms with van der Waals surface area (Å²) in [5, 5.41) is 3.68. The van der Waals surface area contributed by atoms with Crippen LogP contribution in [0.3, 0.4) is 0 Å². The molecule has 1 heterocycles. The molecule has 1 aromatic heterocycles. The number of halogens is 1. The first-order valence-electron chi connectivity index (χ1n) is 11.2. The zero-order valence-electron chi connectivity index (χ0n) is 18.8. The minimum Gasteiger partial charge on any atom is -0.493 e. The van der Waals surface area contributed by atoms with E-state index in [0.717, 1.165) is 46.7 Å². The van der Waals surface area contributed by atoms with E-state index in [1.807, 2.05) is 48.5 Å². The van der Waals surface area contributed by atoms with Crippen LogP contribution >= 0.6 is 11.6 Å². The first kappa shape index (κ1) is 22.9. The Kier molecular flexibility index (Phi) is 7.63. The van der Waals surface area contributed by atoms with Gasteiger partial charge >= 0.3 is 0 Å². The third-order valence-electron chi connectivity index (χ3n) is 5.56. The molecular formula is C27H28ClN3O2. The van der Waals surface area contributed by atoms with Crippen LogP contribution in [-0.4, -0.2) is 28.6 Å². The van der Waals surface area contributed by atoms with Crippen molar-refractivity contribution in [2.45, 2.75) is 32.7 Å². The highest BCUT2D eigenvalue weighted by atomic mass is 35.5. The van der Waals surface area contributed by atoms with Crippen LogP contribution < -0.4 is 10.1 Å². The Balaban J connectivity index is 1.34. The Morgan fingerprint density at radius 3 is 2.61 bits per heavy atom. The molecule has 0 bridgehead atoms. The van der Waals surface area contributed by atoms with Gasteiger partial charge in [0.1, 0.15) is 11.6 Å². The lowest BCUT2D eigenvalue weighted by Crippen LogP contribution is -2.28. The summed E-state index contributed by atoms with van der Waals surface area (Å²) in [6.07, 6.45) is 1.87. The highest BCUT2D eigenvalue weighted by Gasteiger charge is 2.11. The molecule has 0 saturated carbocycles. The van der Waals surface area contributed by atoms with E-state index in [-0.39, 0.29) is 5.91 Å². The molecule has 6 heteroatoms. The van der Waals surface area contributed by atoms with E-state index in [4.69, 9.17) is 21.3 Å². The number of carbonyl (C=O) groups excluding carboxylic acids is 1. The van der Waals surface area contributed by atoms with Gasteiger partial charge in [0.2, 0.25) is 5.91 Å². The van der Waals surface area contributed by atoms with Crippen LogP contribution in [-0.2, 0) is 24.2 Å². The number of aryl methyl sites for hydroxylation is 2. The molecule has 1 N–H and O–H groups in total. The van der Waals surface area contributed by atoms with Crippen molar-refractivity contribution in [3.8, 4) is 5.75 Å². The van der Waals surface area contributed by atoms with E-state index >= 15 is 0 Å². The monoisotopic (exact) mass is 461 g/mol. The minimum absolute atomic E-state index is 0.00776. The molecule has 5 nitrogen and oxygen atoms in total. The van der Waals surface area contributed by atoms with E-state index in [1.54, 1.807) is 12.1 Å². The zero-order chi connectivity index (χ0) is 23.0. The van der Waals surface area contributed by atoms with Crippen molar-refractivity contribution in [1.82, 2.24) is 14.9 Å². The smallest absolute Gasteiger partial charge is 0.224 e. The number of hydrogen-bond acceptors (Lipinski definition) is 3. The van der Waals surface area contributed by atoms with E-state index in [0.29, 0.717) is 31.0 Å². The molecule has 0 aliphatic carbocycles. The molecule has 0 spiro atoms. The Morgan fingerprint density at radius 1 is 1.03 bits per heavy atom. The average Bonchev–Trinajstić information content (AvgIpc) is 3.16. The fourth-order valence-electron chi connectivity index (χ4n) is 3.85. The van der Waals surface area contributed by atoms with Gasteiger partial charge in [-0.1, -0.05) is 54.1 Å². The van der Waals surface area contributed by atoms with E-state index < -0.39 is 0 Å². The van der Waals surface area contributed by atoms with Crippen LogP contribution in [0.15, 0.2) is 72.8 Å². The summed E-state index contributed by atoms with van der Waals surface area (Å²) in [4.78, 5) is 17.1. The van der Waals surface area contributed by atoms with Crippen LogP contribution in [0, 0.1) is 6.92 Å². The fraction of sp³-hybridized carbons (Fsp3) is 0.259. The molecule has 4 rings (SSSR count). The predicted octanol–water partition coefficient (Wildman–Crippen LogP) is 5.37. The van der Waals surface area contributed by atoms with Gasteiger partial charge in [0.25, 0.3) is 0 Å². The topological polar surface area (TPSA) is 56.1 Å². The van der Waals surface area contributed by atoms with Crippen molar-refractivity contribution < 1.29 is 9.53 Å². The van der Waals surface area contributed by atoms with Crippen molar-refractivity contribution in [3.05, 3.63) is 94.8 Å². The van der Waals surface area contributed by atoms with Gasteiger partial charge in [-0.2, -0.15) is 0 Å². The number of nitrogens with one attached hydrogen (secondary N) is 1. The van der Waals surface area contributed by atoms with Gasteiger partial charge < -0.3 is 14.6 Å². The molecule has 0 aliphatic heterocycles. The Morgan fingerprint density at radius 2 is 1.79 bits per heavy atom. The van der Waals surface area contributed by atoms with Gasteiger partial charge in [-0.05, 0) is 54.8 Å². The van der Waals surface area contributed by atoms with Crippen molar-refractivity contribution in [2.24, 2.45) is 0 Å². The lowest BCUT2D eigenvalue weighted by atomic mass is 10.1. The van der Waals surface area contributed by atoms with Crippen LogP contribution in [0.4, 0.5) is 0 Å². The number of carbonyl (C=O) groups is 1. The largest absolute Gasteiger partial charge is 0.493 e. The molecule has 0 saturated heterocycles. The summed E-state index contributed by atoms with van der Waals surface area (Å²) in [7, 11) is 0. The van der Waals surface area contributed by atoms with Crippen molar-refractivity contribution in [2.75, 3.05) is 13.2 Å². The summed E-state index contributed by atoms with van der Waals surface area (Å²) in [6, 6.07) is 23.6. The minimum atomic E-state index is -0.00776.